The fourth-order valence-electron chi connectivity index (χ4n) is 4.70. The van der Waals surface area contributed by atoms with Crippen molar-refractivity contribution in [3.8, 4) is 0 Å². The van der Waals surface area contributed by atoms with Gasteiger partial charge in [-0.3, -0.25) is 9.78 Å². The molecule has 5 nitrogen and oxygen atoms in total. The molecule has 0 saturated heterocycles. The standard InChI is InChI=1S/C28H31F2N3O2/c1-2-18-8-9-20-5-3-7-25(24(20)13-18)32-17-27(34)26(14-19-11-22(29)15-23(30)12-19)33-28(35)21-6-4-10-31-16-21/h4,6,8-13,15-16,25-27,32,34H,2-3,5,7,14,17H2,1H3,(H,33,35)/t25-,26-,27+/m1/s1. The molecule has 1 aliphatic carbocycles. The summed E-state index contributed by atoms with van der Waals surface area (Å²) in [6, 6.07) is 12.4. The fourth-order valence-corrected chi connectivity index (χ4v) is 4.70. The second-order valence-electron chi connectivity index (χ2n) is 9.11. The van der Waals surface area contributed by atoms with Crippen LogP contribution in [0.2, 0.25) is 0 Å². The molecular formula is C28H31F2N3O2. The minimum absolute atomic E-state index is 0.0742. The van der Waals surface area contributed by atoms with Crippen molar-refractivity contribution in [2.24, 2.45) is 0 Å². The third-order valence-corrected chi connectivity index (χ3v) is 6.59. The Kier molecular flexibility index (Phi) is 8.21. The van der Waals surface area contributed by atoms with Crippen molar-refractivity contribution in [2.45, 2.75) is 57.2 Å². The summed E-state index contributed by atoms with van der Waals surface area (Å²) < 4.78 is 27.6. The SMILES string of the molecule is CCc1ccc2c(c1)[C@H](NC[C@H](O)[C@@H](Cc1cc(F)cc(F)c1)NC(=O)c1cccnc1)CCC2. The normalized spacial score (nSPS) is 16.9. The molecule has 0 spiro atoms. The van der Waals surface area contributed by atoms with Crippen LogP contribution in [0.25, 0.3) is 0 Å². The van der Waals surface area contributed by atoms with Gasteiger partial charge in [0.05, 0.1) is 17.7 Å². The van der Waals surface area contributed by atoms with Gasteiger partial charge >= 0.3 is 0 Å². The number of aryl methyl sites for hydroxylation is 2. The molecule has 3 atom stereocenters. The number of aliphatic hydroxyl groups excluding tert-OH is 1. The maximum atomic E-state index is 13.8. The number of fused-ring (bicyclic) bond motifs is 1. The first-order chi connectivity index (χ1) is 16.9. The molecule has 4 rings (SSSR count). The van der Waals surface area contributed by atoms with Gasteiger partial charge in [-0.1, -0.05) is 25.1 Å². The minimum Gasteiger partial charge on any atom is -0.390 e. The molecule has 2 aromatic carbocycles. The minimum atomic E-state index is -0.985. The van der Waals surface area contributed by atoms with Crippen molar-refractivity contribution in [3.63, 3.8) is 0 Å². The zero-order valence-corrected chi connectivity index (χ0v) is 19.8. The molecule has 1 aliphatic rings. The van der Waals surface area contributed by atoms with Crippen molar-refractivity contribution >= 4 is 5.91 Å². The summed E-state index contributed by atoms with van der Waals surface area (Å²) in [5, 5.41) is 17.4. The molecule has 0 saturated carbocycles. The number of aliphatic hydroxyl groups is 1. The van der Waals surface area contributed by atoms with Crippen LogP contribution in [0.5, 0.6) is 0 Å². The summed E-state index contributed by atoms with van der Waals surface area (Å²) in [6.07, 6.45) is 6.08. The number of carbonyl (C=O) groups excluding carboxylic acids is 1. The van der Waals surface area contributed by atoms with E-state index < -0.39 is 29.7 Å². The van der Waals surface area contributed by atoms with Crippen LogP contribution >= 0.6 is 0 Å². The summed E-state index contributed by atoms with van der Waals surface area (Å²) in [7, 11) is 0. The second kappa shape index (κ2) is 11.5. The maximum Gasteiger partial charge on any atom is 0.253 e. The van der Waals surface area contributed by atoms with E-state index in [1.54, 1.807) is 18.3 Å². The number of benzene rings is 2. The third-order valence-electron chi connectivity index (χ3n) is 6.59. The molecule has 0 bridgehead atoms. The summed E-state index contributed by atoms with van der Waals surface area (Å²) in [4.78, 5) is 16.8. The van der Waals surface area contributed by atoms with Crippen LogP contribution in [0.15, 0.2) is 60.9 Å². The van der Waals surface area contributed by atoms with Crippen LogP contribution in [0.4, 0.5) is 8.78 Å². The highest BCUT2D eigenvalue weighted by atomic mass is 19.1. The first kappa shape index (κ1) is 24.9. The Balaban J connectivity index is 1.50. The van der Waals surface area contributed by atoms with E-state index in [0.29, 0.717) is 11.1 Å². The average molecular weight is 480 g/mol. The molecular weight excluding hydrogens is 448 g/mol. The lowest BCUT2D eigenvalue weighted by Gasteiger charge is -2.30. The number of carbonyl (C=O) groups is 1. The molecule has 7 heteroatoms. The van der Waals surface area contributed by atoms with Gasteiger partial charge in [0.15, 0.2) is 0 Å². The first-order valence-corrected chi connectivity index (χ1v) is 12.1. The number of halogens is 2. The van der Waals surface area contributed by atoms with E-state index >= 15 is 0 Å². The van der Waals surface area contributed by atoms with Gasteiger partial charge in [-0.25, -0.2) is 8.78 Å². The van der Waals surface area contributed by atoms with E-state index in [9.17, 15) is 18.7 Å². The number of rotatable bonds is 9. The molecule has 3 aromatic rings. The van der Waals surface area contributed by atoms with Crippen molar-refractivity contribution < 1.29 is 18.7 Å². The van der Waals surface area contributed by atoms with Gasteiger partial charge in [0.25, 0.3) is 5.91 Å². The summed E-state index contributed by atoms with van der Waals surface area (Å²) in [5.74, 6) is -1.80. The molecule has 0 aliphatic heterocycles. The lowest BCUT2D eigenvalue weighted by atomic mass is 9.86. The number of hydrogen-bond acceptors (Lipinski definition) is 4. The van der Waals surface area contributed by atoms with Crippen molar-refractivity contribution in [3.05, 3.63) is 100 Å². The number of hydrogen-bond donors (Lipinski definition) is 3. The van der Waals surface area contributed by atoms with E-state index in [4.69, 9.17) is 0 Å². The van der Waals surface area contributed by atoms with Crippen LogP contribution in [-0.2, 0) is 19.3 Å². The van der Waals surface area contributed by atoms with E-state index in [2.05, 4.69) is 40.7 Å². The van der Waals surface area contributed by atoms with Crippen molar-refractivity contribution in [2.75, 3.05) is 6.54 Å². The zero-order valence-electron chi connectivity index (χ0n) is 19.8. The zero-order chi connectivity index (χ0) is 24.8. The second-order valence-corrected chi connectivity index (χ2v) is 9.11. The first-order valence-electron chi connectivity index (χ1n) is 12.1. The predicted molar refractivity (Wildman–Crippen MR) is 131 cm³/mol. The lowest BCUT2D eigenvalue weighted by molar-refractivity contribution is 0.0822. The quantitative estimate of drug-likeness (QED) is 0.428. The Morgan fingerprint density at radius 3 is 2.66 bits per heavy atom. The topological polar surface area (TPSA) is 74.2 Å². The summed E-state index contributed by atoms with van der Waals surface area (Å²) >= 11 is 0. The van der Waals surface area contributed by atoms with Gasteiger partial charge in [0, 0.05) is 31.0 Å². The van der Waals surface area contributed by atoms with Crippen LogP contribution < -0.4 is 10.6 Å². The summed E-state index contributed by atoms with van der Waals surface area (Å²) in [5.41, 5.74) is 4.54. The number of aromatic nitrogens is 1. The Bertz CT molecular complexity index is 1140. The molecule has 3 N–H and O–H groups in total. The predicted octanol–water partition coefficient (Wildman–Crippen LogP) is 4.29. The Morgan fingerprint density at radius 2 is 1.94 bits per heavy atom. The van der Waals surface area contributed by atoms with E-state index in [1.807, 2.05) is 0 Å². The molecule has 0 fully saturated rings. The number of nitrogens with zero attached hydrogens (tertiary/aromatic N) is 1. The van der Waals surface area contributed by atoms with Gasteiger partial charge in [-0.05, 0) is 78.6 Å². The van der Waals surface area contributed by atoms with E-state index in [0.717, 1.165) is 31.7 Å². The lowest BCUT2D eigenvalue weighted by Crippen LogP contribution is -2.49. The molecule has 184 valence electrons. The molecule has 35 heavy (non-hydrogen) atoms. The Labute approximate surface area is 204 Å². The maximum absolute atomic E-state index is 13.8. The molecule has 1 aromatic heterocycles. The molecule has 0 unspecified atom stereocenters. The van der Waals surface area contributed by atoms with Gasteiger partial charge < -0.3 is 15.7 Å². The van der Waals surface area contributed by atoms with Gasteiger partial charge in [0.1, 0.15) is 11.6 Å². The van der Waals surface area contributed by atoms with Gasteiger partial charge in [0.2, 0.25) is 0 Å². The van der Waals surface area contributed by atoms with E-state index in [1.165, 1.54) is 35.0 Å². The Morgan fingerprint density at radius 1 is 1.14 bits per heavy atom. The average Bonchev–Trinajstić information content (AvgIpc) is 2.86. The number of amides is 1. The van der Waals surface area contributed by atoms with Crippen LogP contribution in [-0.4, -0.2) is 34.7 Å². The third kappa shape index (κ3) is 6.50. The molecule has 1 amide bonds. The van der Waals surface area contributed by atoms with Gasteiger partial charge in [-0.2, -0.15) is 0 Å². The number of nitrogens with one attached hydrogen (secondary N) is 2. The monoisotopic (exact) mass is 479 g/mol. The van der Waals surface area contributed by atoms with Crippen LogP contribution in [0.1, 0.15) is 58.4 Å². The number of pyridine rings is 1. The molecule has 1 heterocycles. The van der Waals surface area contributed by atoms with Crippen molar-refractivity contribution in [1.29, 1.82) is 0 Å². The summed E-state index contributed by atoms with van der Waals surface area (Å²) in [6.45, 7) is 2.35. The van der Waals surface area contributed by atoms with Gasteiger partial charge in [-0.15, -0.1) is 0 Å². The fraction of sp³-hybridized carbons (Fsp3) is 0.357. The van der Waals surface area contributed by atoms with Crippen molar-refractivity contribution in [1.82, 2.24) is 15.6 Å². The van der Waals surface area contributed by atoms with E-state index in [-0.39, 0.29) is 19.0 Å². The van der Waals surface area contributed by atoms with Crippen LogP contribution in [0.3, 0.4) is 0 Å². The van der Waals surface area contributed by atoms with Crippen LogP contribution in [0, 0.1) is 11.6 Å². The largest absolute Gasteiger partial charge is 0.390 e. The highest BCUT2D eigenvalue weighted by Crippen LogP contribution is 2.30. The highest BCUT2D eigenvalue weighted by molar-refractivity contribution is 5.94. The highest BCUT2D eigenvalue weighted by Gasteiger charge is 2.26. The smallest absolute Gasteiger partial charge is 0.253 e. The Hall–Kier alpha value is -3.16. The molecule has 0 radical (unpaired) electrons.